The molecule has 2 heterocycles. The second kappa shape index (κ2) is 10.5. The molecule has 0 unspecified atom stereocenters. The molecule has 5 nitrogen and oxygen atoms in total. The number of amides is 1. The molecular weight excluding hydrogens is 350 g/mol. The SMILES string of the molecule is COc1ccc2c(ccn2CCCCCCNC(=O)CCc2cccnc2)c1. The highest BCUT2D eigenvalue weighted by Crippen LogP contribution is 2.22. The van der Waals surface area contributed by atoms with E-state index < -0.39 is 0 Å². The minimum atomic E-state index is 0.123. The Kier molecular flexibility index (Phi) is 7.47. The van der Waals surface area contributed by atoms with Crippen molar-refractivity contribution in [3.63, 3.8) is 0 Å². The summed E-state index contributed by atoms with van der Waals surface area (Å²) in [6.07, 6.45) is 11.5. The molecule has 0 radical (unpaired) electrons. The molecule has 1 N–H and O–H groups in total. The number of benzene rings is 1. The molecule has 0 aliphatic rings. The Morgan fingerprint density at radius 2 is 2.04 bits per heavy atom. The van der Waals surface area contributed by atoms with Gasteiger partial charge in [0.05, 0.1) is 7.11 Å². The van der Waals surface area contributed by atoms with Crippen molar-refractivity contribution in [2.45, 2.75) is 45.1 Å². The van der Waals surface area contributed by atoms with E-state index in [4.69, 9.17) is 4.74 Å². The summed E-state index contributed by atoms with van der Waals surface area (Å²) in [5.74, 6) is 1.02. The molecular formula is C23H29N3O2. The van der Waals surface area contributed by atoms with E-state index in [0.29, 0.717) is 6.42 Å². The summed E-state index contributed by atoms with van der Waals surface area (Å²) in [6, 6.07) is 12.2. The Morgan fingerprint density at radius 3 is 2.86 bits per heavy atom. The van der Waals surface area contributed by atoms with Crippen LogP contribution >= 0.6 is 0 Å². The minimum Gasteiger partial charge on any atom is -0.497 e. The van der Waals surface area contributed by atoms with Crippen LogP contribution in [0.25, 0.3) is 10.9 Å². The molecule has 0 bridgehead atoms. The Morgan fingerprint density at radius 1 is 1.14 bits per heavy atom. The number of nitrogens with zero attached hydrogens (tertiary/aromatic N) is 2. The van der Waals surface area contributed by atoms with Crippen LogP contribution in [-0.4, -0.2) is 29.1 Å². The first-order valence-corrected chi connectivity index (χ1v) is 10.0. The molecule has 0 spiro atoms. The molecule has 5 heteroatoms. The third-order valence-corrected chi connectivity index (χ3v) is 4.99. The highest BCUT2D eigenvalue weighted by molar-refractivity contribution is 5.81. The monoisotopic (exact) mass is 379 g/mol. The van der Waals surface area contributed by atoms with Gasteiger partial charge in [-0.05, 0) is 55.2 Å². The van der Waals surface area contributed by atoms with Gasteiger partial charge in [0.1, 0.15) is 5.75 Å². The first kappa shape index (κ1) is 19.9. The number of pyridine rings is 1. The van der Waals surface area contributed by atoms with Crippen LogP contribution in [0.4, 0.5) is 0 Å². The third kappa shape index (κ3) is 5.84. The zero-order valence-electron chi connectivity index (χ0n) is 16.6. The lowest BCUT2D eigenvalue weighted by Crippen LogP contribution is -2.24. The Hall–Kier alpha value is -2.82. The van der Waals surface area contributed by atoms with Crippen LogP contribution in [0.5, 0.6) is 5.75 Å². The van der Waals surface area contributed by atoms with Gasteiger partial charge in [-0.1, -0.05) is 18.9 Å². The van der Waals surface area contributed by atoms with Gasteiger partial charge >= 0.3 is 0 Å². The maximum Gasteiger partial charge on any atom is 0.220 e. The maximum absolute atomic E-state index is 11.9. The Balaban J connectivity index is 1.27. The lowest BCUT2D eigenvalue weighted by atomic mass is 10.1. The predicted octanol–water partition coefficient (Wildman–Crippen LogP) is 4.35. The maximum atomic E-state index is 11.9. The summed E-state index contributed by atoms with van der Waals surface area (Å²) in [5.41, 5.74) is 2.36. The fourth-order valence-electron chi connectivity index (χ4n) is 3.38. The number of unbranched alkanes of at least 4 members (excludes halogenated alkanes) is 3. The Labute approximate surface area is 166 Å². The van der Waals surface area contributed by atoms with E-state index in [9.17, 15) is 4.79 Å². The van der Waals surface area contributed by atoms with Gasteiger partial charge in [-0.25, -0.2) is 0 Å². The van der Waals surface area contributed by atoms with Crippen LogP contribution in [0.3, 0.4) is 0 Å². The van der Waals surface area contributed by atoms with Crippen molar-refractivity contribution in [1.29, 1.82) is 0 Å². The summed E-state index contributed by atoms with van der Waals surface area (Å²) in [7, 11) is 1.70. The number of ether oxygens (including phenoxy) is 1. The summed E-state index contributed by atoms with van der Waals surface area (Å²) < 4.78 is 7.58. The molecule has 148 valence electrons. The molecule has 0 fully saturated rings. The molecule has 3 aromatic rings. The van der Waals surface area contributed by atoms with Crippen LogP contribution in [0.1, 0.15) is 37.7 Å². The van der Waals surface area contributed by atoms with E-state index in [2.05, 4.69) is 39.3 Å². The largest absolute Gasteiger partial charge is 0.497 e. The number of nitrogens with one attached hydrogen (secondary N) is 1. The molecule has 3 rings (SSSR count). The fraction of sp³-hybridized carbons (Fsp3) is 0.391. The number of aromatic nitrogens is 2. The average molecular weight is 380 g/mol. The van der Waals surface area contributed by atoms with Gasteiger partial charge < -0.3 is 14.6 Å². The van der Waals surface area contributed by atoms with Crippen molar-refractivity contribution >= 4 is 16.8 Å². The lowest BCUT2D eigenvalue weighted by Gasteiger charge is -2.07. The van der Waals surface area contributed by atoms with E-state index >= 15 is 0 Å². The summed E-state index contributed by atoms with van der Waals surface area (Å²) in [6.45, 7) is 1.78. The van der Waals surface area contributed by atoms with Crippen LogP contribution in [0.15, 0.2) is 55.0 Å². The van der Waals surface area contributed by atoms with Gasteiger partial charge in [0, 0.05) is 49.0 Å². The van der Waals surface area contributed by atoms with Crippen molar-refractivity contribution < 1.29 is 9.53 Å². The number of methoxy groups -OCH3 is 1. The summed E-state index contributed by atoms with van der Waals surface area (Å²) in [4.78, 5) is 16.0. The van der Waals surface area contributed by atoms with Gasteiger partial charge in [0.25, 0.3) is 0 Å². The molecule has 0 aliphatic carbocycles. The minimum absolute atomic E-state index is 0.123. The van der Waals surface area contributed by atoms with Gasteiger partial charge in [0.15, 0.2) is 0 Å². The quantitative estimate of drug-likeness (QED) is 0.504. The number of hydrogen-bond acceptors (Lipinski definition) is 3. The van der Waals surface area contributed by atoms with E-state index in [0.717, 1.165) is 50.1 Å². The molecule has 0 aliphatic heterocycles. The summed E-state index contributed by atoms with van der Waals surface area (Å²) >= 11 is 0. The molecule has 2 aromatic heterocycles. The van der Waals surface area contributed by atoms with E-state index in [1.54, 1.807) is 13.3 Å². The van der Waals surface area contributed by atoms with Crippen LogP contribution in [-0.2, 0) is 17.8 Å². The lowest BCUT2D eigenvalue weighted by molar-refractivity contribution is -0.121. The second-order valence-electron chi connectivity index (χ2n) is 7.06. The van der Waals surface area contributed by atoms with E-state index in [1.807, 2.05) is 24.4 Å². The standard InChI is InChI=1S/C23H29N3O2/c1-28-21-9-10-22-20(17-21)12-16-26(22)15-5-3-2-4-14-25-23(27)11-8-19-7-6-13-24-18-19/h6-7,9-10,12-13,16-18H,2-5,8,11,14-15H2,1H3,(H,25,27). The number of hydrogen-bond donors (Lipinski definition) is 1. The first-order valence-electron chi connectivity index (χ1n) is 10.0. The number of rotatable bonds is 11. The number of carbonyl (C=O) groups is 1. The highest BCUT2D eigenvalue weighted by atomic mass is 16.5. The zero-order valence-corrected chi connectivity index (χ0v) is 16.6. The summed E-state index contributed by atoms with van der Waals surface area (Å²) in [5, 5.41) is 4.23. The molecule has 0 saturated carbocycles. The molecule has 0 saturated heterocycles. The van der Waals surface area contributed by atoms with Crippen molar-refractivity contribution in [2.75, 3.05) is 13.7 Å². The molecule has 1 amide bonds. The van der Waals surface area contributed by atoms with Gasteiger partial charge in [-0.3, -0.25) is 9.78 Å². The van der Waals surface area contributed by atoms with Gasteiger partial charge in [0.2, 0.25) is 5.91 Å². The molecule has 1 aromatic carbocycles. The van der Waals surface area contributed by atoms with E-state index in [-0.39, 0.29) is 5.91 Å². The predicted molar refractivity (Wildman–Crippen MR) is 113 cm³/mol. The zero-order chi connectivity index (χ0) is 19.6. The van der Waals surface area contributed by atoms with Crippen molar-refractivity contribution in [3.05, 3.63) is 60.6 Å². The normalized spacial score (nSPS) is 10.9. The first-order chi connectivity index (χ1) is 13.8. The van der Waals surface area contributed by atoms with Crippen LogP contribution < -0.4 is 10.1 Å². The van der Waals surface area contributed by atoms with Crippen molar-refractivity contribution in [2.24, 2.45) is 0 Å². The number of fused-ring (bicyclic) bond motifs is 1. The smallest absolute Gasteiger partial charge is 0.220 e. The van der Waals surface area contributed by atoms with E-state index in [1.165, 1.54) is 17.3 Å². The van der Waals surface area contributed by atoms with Crippen LogP contribution in [0.2, 0.25) is 0 Å². The fourth-order valence-corrected chi connectivity index (χ4v) is 3.38. The Bertz CT molecular complexity index is 874. The van der Waals surface area contributed by atoms with Crippen molar-refractivity contribution in [1.82, 2.24) is 14.9 Å². The average Bonchev–Trinajstić information content (AvgIpc) is 3.14. The third-order valence-electron chi connectivity index (χ3n) is 4.99. The van der Waals surface area contributed by atoms with Gasteiger partial charge in [-0.15, -0.1) is 0 Å². The van der Waals surface area contributed by atoms with Gasteiger partial charge in [-0.2, -0.15) is 0 Å². The highest BCUT2D eigenvalue weighted by Gasteiger charge is 2.03. The van der Waals surface area contributed by atoms with Crippen LogP contribution in [0, 0.1) is 0 Å². The topological polar surface area (TPSA) is 56.1 Å². The second-order valence-corrected chi connectivity index (χ2v) is 7.06. The molecule has 28 heavy (non-hydrogen) atoms. The molecule has 0 atom stereocenters. The van der Waals surface area contributed by atoms with Crippen molar-refractivity contribution in [3.8, 4) is 5.75 Å². The number of carbonyl (C=O) groups excluding carboxylic acids is 1. The number of aryl methyl sites for hydroxylation is 2.